The summed E-state index contributed by atoms with van der Waals surface area (Å²) < 4.78 is 0. The molecule has 0 aromatic rings. The molecule has 0 rings (SSSR count). The van der Waals surface area contributed by atoms with Crippen molar-refractivity contribution in [3.8, 4) is 0 Å². The smallest absolute Gasteiger partial charge is 0.550 e. The van der Waals surface area contributed by atoms with Crippen LogP contribution in [-0.2, 0) is 14.4 Å². The molecule has 10 heteroatoms. The van der Waals surface area contributed by atoms with Crippen LogP contribution in [0, 0.1) is 0 Å². The van der Waals surface area contributed by atoms with Gasteiger partial charge in [-0.15, -0.1) is 0 Å². The number of carbonyl (C=O) groups excluding carboxylic acids is 2. The SMILES string of the molecule is NCC(=O)O.O=C([O-])CC(O)C(=O)[O-].[Na+].[Na+]. The number of carbonyl (C=O) groups is 3. The van der Waals surface area contributed by atoms with Gasteiger partial charge in [-0.05, 0) is 0 Å². The van der Waals surface area contributed by atoms with Gasteiger partial charge in [0.05, 0.1) is 18.6 Å². The van der Waals surface area contributed by atoms with E-state index in [9.17, 15) is 24.6 Å². The van der Waals surface area contributed by atoms with Crippen molar-refractivity contribution in [2.45, 2.75) is 12.5 Å². The summed E-state index contributed by atoms with van der Waals surface area (Å²) in [5.74, 6) is -4.39. The van der Waals surface area contributed by atoms with Crippen molar-refractivity contribution in [3.63, 3.8) is 0 Å². The summed E-state index contributed by atoms with van der Waals surface area (Å²) in [5, 5.41) is 34.9. The molecule has 8 nitrogen and oxygen atoms in total. The molecule has 0 saturated carbocycles. The number of hydrogen-bond acceptors (Lipinski definition) is 7. The normalized spacial score (nSPS) is 9.38. The third kappa shape index (κ3) is 23.9. The fourth-order valence-corrected chi connectivity index (χ4v) is 0.241. The molecule has 0 aliphatic carbocycles. The Hall–Kier alpha value is 0.330. The van der Waals surface area contributed by atoms with Gasteiger partial charge in [0.1, 0.15) is 0 Å². The minimum absolute atomic E-state index is 0. The van der Waals surface area contributed by atoms with Gasteiger partial charge in [-0.3, -0.25) is 4.79 Å². The van der Waals surface area contributed by atoms with Crippen LogP contribution in [0.1, 0.15) is 6.42 Å². The van der Waals surface area contributed by atoms with Gasteiger partial charge in [-0.1, -0.05) is 0 Å². The zero-order valence-electron chi connectivity index (χ0n) is 9.00. The summed E-state index contributed by atoms with van der Waals surface area (Å²) in [6.07, 6.45) is -2.89. The van der Waals surface area contributed by atoms with E-state index in [1.165, 1.54) is 0 Å². The van der Waals surface area contributed by atoms with Crippen molar-refractivity contribution < 1.29 is 93.9 Å². The second-order valence-electron chi connectivity index (χ2n) is 2.01. The Labute approximate surface area is 135 Å². The van der Waals surface area contributed by atoms with Crippen molar-refractivity contribution in [3.05, 3.63) is 0 Å². The van der Waals surface area contributed by atoms with E-state index in [-0.39, 0.29) is 65.7 Å². The van der Waals surface area contributed by atoms with E-state index >= 15 is 0 Å². The molecule has 1 unspecified atom stereocenters. The minimum atomic E-state index is -1.96. The first-order valence-electron chi connectivity index (χ1n) is 3.31. The molecule has 0 saturated heterocycles. The molecule has 0 spiro atoms. The van der Waals surface area contributed by atoms with Crippen molar-refractivity contribution in [1.82, 2.24) is 0 Å². The summed E-state index contributed by atoms with van der Waals surface area (Å²) in [4.78, 5) is 28.4. The Morgan fingerprint density at radius 2 is 1.50 bits per heavy atom. The first-order chi connectivity index (χ1) is 6.31. The van der Waals surface area contributed by atoms with Crippen molar-refractivity contribution in [2.75, 3.05) is 6.54 Å². The van der Waals surface area contributed by atoms with Gasteiger partial charge >= 0.3 is 65.1 Å². The minimum Gasteiger partial charge on any atom is -0.550 e. The van der Waals surface area contributed by atoms with Crippen LogP contribution in [0.15, 0.2) is 0 Å². The molecule has 0 heterocycles. The van der Waals surface area contributed by atoms with E-state index in [2.05, 4.69) is 5.73 Å². The van der Waals surface area contributed by atoms with Gasteiger partial charge in [0, 0.05) is 12.4 Å². The average molecular weight is 253 g/mol. The van der Waals surface area contributed by atoms with Crippen molar-refractivity contribution in [2.24, 2.45) is 5.73 Å². The van der Waals surface area contributed by atoms with E-state index in [1.807, 2.05) is 0 Å². The van der Waals surface area contributed by atoms with Crippen LogP contribution >= 0.6 is 0 Å². The fourth-order valence-electron chi connectivity index (χ4n) is 0.241. The molecule has 0 bridgehead atoms. The Morgan fingerprint density at radius 1 is 1.19 bits per heavy atom. The maximum atomic E-state index is 9.58. The Kier molecular flexibility index (Phi) is 24.2. The van der Waals surface area contributed by atoms with Crippen LogP contribution < -0.4 is 75.1 Å². The predicted octanol–water partition coefficient (Wildman–Crippen LogP) is -10.7. The third-order valence-corrected chi connectivity index (χ3v) is 0.807. The number of aliphatic hydroxyl groups is 1. The maximum Gasteiger partial charge on any atom is 1.00 e. The van der Waals surface area contributed by atoms with Crippen LogP contribution in [0.5, 0.6) is 0 Å². The van der Waals surface area contributed by atoms with E-state index in [0.29, 0.717) is 0 Å². The number of carboxylic acid groups (broad SMARTS) is 3. The Balaban J connectivity index is -0.0000000904. The van der Waals surface area contributed by atoms with E-state index < -0.39 is 30.4 Å². The van der Waals surface area contributed by atoms with Gasteiger partial charge in [-0.25, -0.2) is 0 Å². The second-order valence-corrected chi connectivity index (χ2v) is 2.01. The second kappa shape index (κ2) is 15.3. The number of rotatable bonds is 4. The molecule has 0 aromatic carbocycles. The molecule has 0 radical (unpaired) electrons. The molecule has 1 atom stereocenters. The zero-order chi connectivity index (χ0) is 11.7. The molecule has 0 fully saturated rings. The fraction of sp³-hybridized carbons (Fsp3) is 0.500. The molecule has 4 N–H and O–H groups in total. The topological polar surface area (TPSA) is 164 Å². The Morgan fingerprint density at radius 3 is 1.56 bits per heavy atom. The number of hydrogen-bond donors (Lipinski definition) is 3. The summed E-state index contributed by atoms with van der Waals surface area (Å²) in [7, 11) is 0. The van der Waals surface area contributed by atoms with E-state index in [4.69, 9.17) is 10.2 Å². The van der Waals surface area contributed by atoms with Gasteiger partial charge in [-0.2, -0.15) is 0 Å². The first-order valence-corrected chi connectivity index (χ1v) is 3.31. The molecule has 16 heavy (non-hydrogen) atoms. The quantitative estimate of drug-likeness (QED) is 0.415. The monoisotopic (exact) mass is 253 g/mol. The van der Waals surface area contributed by atoms with Gasteiger partial charge in [0.25, 0.3) is 0 Å². The number of aliphatic hydroxyl groups excluding tert-OH is 1. The van der Waals surface area contributed by atoms with E-state index in [0.717, 1.165) is 0 Å². The molecule has 0 amide bonds. The van der Waals surface area contributed by atoms with Gasteiger partial charge in [0.2, 0.25) is 0 Å². The van der Waals surface area contributed by atoms with Crippen LogP contribution in [0.25, 0.3) is 0 Å². The van der Waals surface area contributed by atoms with Gasteiger partial charge < -0.3 is 35.7 Å². The van der Waals surface area contributed by atoms with E-state index in [1.54, 1.807) is 0 Å². The van der Waals surface area contributed by atoms with Crippen LogP contribution in [0.4, 0.5) is 0 Å². The summed E-state index contributed by atoms with van der Waals surface area (Å²) >= 11 is 0. The Bertz CT molecular complexity index is 223. The zero-order valence-corrected chi connectivity index (χ0v) is 13.0. The van der Waals surface area contributed by atoms with Crippen LogP contribution in [-0.4, -0.2) is 40.8 Å². The van der Waals surface area contributed by atoms with Crippen LogP contribution in [0.3, 0.4) is 0 Å². The average Bonchev–Trinajstić information content (AvgIpc) is 2.04. The number of carboxylic acids is 3. The molecule has 0 aliphatic rings. The molecule has 0 aromatic heterocycles. The van der Waals surface area contributed by atoms with Crippen molar-refractivity contribution >= 4 is 17.9 Å². The standard InChI is InChI=1S/C4H6O5.C2H5NO2.2Na/c5-2(4(8)9)1-3(6)7;3-1-2(4)5;;/h2,5H,1H2,(H,6,7)(H,8,9);1,3H2,(H,4,5);;/q;;2*+1/p-2. The number of aliphatic carboxylic acids is 3. The molecular weight excluding hydrogens is 244 g/mol. The number of nitrogens with two attached hydrogens (primary N) is 1. The first kappa shape index (κ1) is 25.2. The summed E-state index contributed by atoms with van der Waals surface area (Å²) in [6.45, 7) is -0.278. The summed E-state index contributed by atoms with van der Waals surface area (Å²) in [5.41, 5.74) is 4.57. The molecule has 82 valence electrons. The largest absolute Gasteiger partial charge is 1.00 e. The van der Waals surface area contributed by atoms with Crippen LogP contribution in [0.2, 0.25) is 0 Å². The summed E-state index contributed by atoms with van der Waals surface area (Å²) in [6, 6.07) is 0. The molecular formula is C6H9NNa2O7. The third-order valence-electron chi connectivity index (χ3n) is 0.807. The molecule has 0 aliphatic heterocycles. The predicted molar refractivity (Wildman–Crippen MR) is 37.3 cm³/mol. The maximum absolute atomic E-state index is 9.58. The van der Waals surface area contributed by atoms with Gasteiger partial charge in [0.15, 0.2) is 0 Å². The van der Waals surface area contributed by atoms with Crippen molar-refractivity contribution in [1.29, 1.82) is 0 Å².